The molecule has 14 heavy (non-hydrogen) atoms. The van der Waals surface area contributed by atoms with Crippen LogP contribution in [0.5, 0.6) is 5.75 Å². The van der Waals surface area contributed by atoms with Gasteiger partial charge in [0.25, 0.3) is 0 Å². The SMILES string of the molecule is CNNCOc1ccc(C(C)=O)cc1. The third-order valence-corrected chi connectivity index (χ3v) is 1.75. The number of carbonyl (C=O) groups excluding carboxylic acids is 1. The Bertz CT molecular complexity index is 295. The van der Waals surface area contributed by atoms with Crippen LogP contribution in [0, 0.1) is 0 Å². The van der Waals surface area contributed by atoms with Crippen LogP contribution >= 0.6 is 0 Å². The molecule has 2 N–H and O–H groups in total. The number of ketones is 1. The van der Waals surface area contributed by atoms with E-state index in [0.717, 1.165) is 5.75 Å². The van der Waals surface area contributed by atoms with Gasteiger partial charge in [0, 0.05) is 5.56 Å². The Morgan fingerprint density at radius 2 is 2.00 bits per heavy atom. The number of benzene rings is 1. The highest BCUT2D eigenvalue weighted by atomic mass is 16.5. The van der Waals surface area contributed by atoms with Gasteiger partial charge in [0.15, 0.2) is 12.5 Å². The van der Waals surface area contributed by atoms with E-state index in [1.165, 1.54) is 0 Å². The molecule has 0 aromatic heterocycles. The van der Waals surface area contributed by atoms with Crippen molar-refractivity contribution in [2.75, 3.05) is 13.8 Å². The molecule has 4 nitrogen and oxygen atoms in total. The van der Waals surface area contributed by atoms with E-state index in [9.17, 15) is 4.79 Å². The Balaban J connectivity index is 2.51. The van der Waals surface area contributed by atoms with E-state index >= 15 is 0 Å². The molecule has 0 spiro atoms. The summed E-state index contributed by atoms with van der Waals surface area (Å²) in [6, 6.07) is 7.04. The summed E-state index contributed by atoms with van der Waals surface area (Å²) in [6.45, 7) is 1.92. The van der Waals surface area contributed by atoms with Gasteiger partial charge in [0.05, 0.1) is 0 Å². The van der Waals surface area contributed by atoms with E-state index in [-0.39, 0.29) is 5.78 Å². The van der Waals surface area contributed by atoms with Crippen molar-refractivity contribution in [1.82, 2.24) is 10.9 Å². The fourth-order valence-electron chi connectivity index (χ4n) is 0.977. The topological polar surface area (TPSA) is 50.4 Å². The Hall–Kier alpha value is -1.39. The minimum atomic E-state index is 0.0601. The summed E-state index contributed by atoms with van der Waals surface area (Å²) in [7, 11) is 1.77. The van der Waals surface area contributed by atoms with Crippen molar-refractivity contribution in [2.24, 2.45) is 0 Å². The number of hydrogen-bond donors (Lipinski definition) is 2. The van der Waals surface area contributed by atoms with Crippen molar-refractivity contribution in [3.05, 3.63) is 29.8 Å². The molecule has 0 unspecified atom stereocenters. The molecule has 0 saturated heterocycles. The average Bonchev–Trinajstić information content (AvgIpc) is 2.19. The summed E-state index contributed by atoms with van der Waals surface area (Å²) in [5.74, 6) is 0.794. The van der Waals surface area contributed by atoms with Gasteiger partial charge in [-0.3, -0.25) is 10.2 Å². The first-order valence-corrected chi connectivity index (χ1v) is 4.37. The van der Waals surface area contributed by atoms with Crippen LogP contribution in [0.4, 0.5) is 0 Å². The van der Waals surface area contributed by atoms with E-state index in [2.05, 4.69) is 10.9 Å². The van der Waals surface area contributed by atoms with Crippen LogP contribution in [-0.2, 0) is 0 Å². The maximum Gasteiger partial charge on any atom is 0.159 e. The monoisotopic (exact) mass is 194 g/mol. The van der Waals surface area contributed by atoms with Gasteiger partial charge in [-0.2, -0.15) is 0 Å². The first-order chi connectivity index (χ1) is 6.74. The minimum absolute atomic E-state index is 0.0601. The van der Waals surface area contributed by atoms with Crippen molar-refractivity contribution >= 4 is 5.78 Å². The summed E-state index contributed by atoms with van der Waals surface area (Å²) in [6.07, 6.45) is 0. The Morgan fingerprint density at radius 1 is 1.36 bits per heavy atom. The third kappa shape index (κ3) is 3.16. The minimum Gasteiger partial charge on any atom is -0.477 e. The van der Waals surface area contributed by atoms with Crippen LogP contribution in [0.2, 0.25) is 0 Å². The maximum absolute atomic E-state index is 11.0. The predicted octanol–water partition coefficient (Wildman–Crippen LogP) is 0.949. The summed E-state index contributed by atoms with van der Waals surface area (Å²) < 4.78 is 5.30. The number of nitrogens with one attached hydrogen (secondary N) is 2. The maximum atomic E-state index is 11.0. The second-order valence-electron chi connectivity index (χ2n) is 2.80. The Labute approximate surface area is 83.2 Å². The zero-order valence-corrected chi connectivity index (χ0v) is 8.33. The van der Waals surface area contributed by atoms with Crippen molar-refractivity contribution < 1.29 is 9.53 Å². The summed E-state index contributed by atoms with van der Waals surface area (Å²) in [5.41, 5.74) is 6.23. The van der Waals surface area contributed by atoms with E-state index in [1.807, 2.05) is 0 Å². The molecule has 0 heterocycles. The third-order valence-electron chi connectivity index (χ3n) is 1.75. The molecular formula is C10H14N2O2. The second kappa shape index (κ2) is 5.36. The number of rotatable bonds is 5. The predicted molar refractivity (Wildman–Crippen MR) is 54.1 cm³/mol. The molecule has 0 radical (unpaired) electrons. The van der Waals surface area contributed by atoms with Crippen molar-refractivity contribution in [3.63, 3.8) is 0 Å². The molecule has 76 valence electrons. The first-order valence-electron chi connectivity index (χ1n) is 4.37. The molecule has 1 aromatic rings. The molecule has 0 fully saturated rings. The van der Waals surface area contributed by atoms with Crippen LogP contribution in [0.1, 0.15) is 17.3 Å². The molecule has 4 heteroatoms. The van der Waals surface area contributed by atoms with Gasteiger partial charge in [0.1, 0.15) is 5.75 Å². The number of ether oxygens (including phenoxy) is 1. The second-order valence-corrected chi connectivity index (χ2v) is 2.80. The van der Waals surface area contributed by atoms with Crippen molar-refractivity contribution in [2.45, 2.75) is 6.92 Å². The fraction of sp³-hybridized carbons (Fsp3) is 0.300. The molecule has 1 aromatic carbocycles. The molecule has 0 bridgehead atoms. The van der Waals surface area contributed by atoms with Gasteiger partial charge in [-0.1, -0.05) is 0 Å². The van der Waals surface area contributed by atoms with Gasteiger partial charge >= 0.3 is 0 Å². The van der Waals surface area contributed by atoms with E-state index in [1.54, 1.807) is 38.2 Å². The normalized spacial score (nSPS) is 9.86. The lowest BCUT2D eigenvalue weighted by atomic mass is 10.1. The molecular weight excluding hydrogens is 180 g/mol. The molecule has 0 atom stereocenters. The zero-order chi connectivity index (χ0) is 10.4. The summed E-state index contributed by atoms with van der Waals surface area (Å²) >= 11 is 0. The van der Waals surface area contributed by atoms with Crippen LogP contribution in [0.25, 0.3) is 0 Å². The quantitative estimate of drug-likeness (QED) is 0.317. The number of hydrazine groups is 1. The fourth-order valence-corrected chi connectivity index (χ4v) is 0.977. The number of Topliss-reactive ketones (excluding diaryl/α,β-unsaturated/α-hetero) is 1. The molecule has 0 aliphatic rings. The van der Waals surface area contributed by atoms with Gasteiger partial charge in [-0.05, 0) is 38.2 Å². The van der Waals surface area contributed by atoms with E-state index in [0.29, 0.717) is 12.3 Å². The van der Waals surface area contributed by atoms with Gasteiger partial charge < -0.3 is 4.74 Å². The van der Waals surface area contributed by atoms with Crippen LogP contribution in [0.3, 0.4) is 0 Å². The smallest absolute Gasteiger partial charge is 0.159 e. The van der Waals surface area contributed by atoms with E-state index < -0.39 is 0 Å². The Kier molecular flexibility index (Phi) is 4.10. The van der Waals surface area contributed by atoms with Crippen LogP contribution in [0.15, 0.2) is 24.3 Å². The lowest BCUT2D eigenvalue weighted by molar-refractivity contribution is 0.101. The van der Waals surface area contributed by atoms with Crippen molar-refractivity contribution in [3.8, 4) is 5.75 Å². The summed E-state index contributed by atoms with van der Waals surface area (Å²) in [4.78, 5) is 11.0. The van der Waals surface area contributed by atoms with Gasteiger partial charge in [-0.15, -0.1) is 0 Å². The lowest BCUT2D eigenvalue weighted by Crippen LogP contribution is -2.31. The Morgan fingerprint density at radius 3 is 2.50 bits per heavy atom. The number of hydrogen-bond acceptors (Lipinski definition) is 4. The van der Waals surface area contributed by atoms with Crippen LogP contribution < -0.4 is 15.6 Å². The van der Waals surface area contributed by atoms with Gasteiger partial charge in [-0.25, -0.2) is 5.43 Å². The molecule has 1 rings (SSSR count). The highest BCUT2D eigenvalue weighted by Gasteiger charge is 1.98. The zero-order valence-electron chi connectivity index (χ0n) is 8.33. The van der Waals surface area contributed by atoms with E-state index in [4.69, 9.17) is 4.74 Å². The summed E-state index contributed by atoms with van der Waals surface area (Å²) in [5, 5.41) is 0. The molecule has 0 saturated carbocycles. The average molecular weight is 194 g/mol. The first kappa shape index (κ1) is 10.7. The molecule has 0 amide bonds. The molecule has 0 aliphatic heterocycles. The standard InChI is InChI=1S/C10H14N2O2/c1-8(13)9-3-5-10(6-4-9)14-7-12-11-2/h3-6,11-12H,7H2,1-2H3. The number of carbonyl (C=O) groups is 1. The van der Waals surface area contributed by atoms with Gasteiger partial charge in [0.2, 0.25) is 0 Å². The van der Waals surface area contributed by atoms with Crippen LogP contribution in [-0.4, -0.2) is 19.6 Å². The molecule has 0 aliphatic carbocycles. The highest BCUT2D eigenvalue weighted by molar-refractivity contribution is 5.94. The highest BCUT2D eigenvalue weighted by Crippen LogP contribution is 2.11. The lowest BCUT2D eigenvalue weighted by Gasteiger charge is -2.06. The largest absolute Gasteiger partial charge is 0.477 e. The van der Waals surface area contributed by atoms with Crippen molar-refractivity contribution in [1.29, 1.82) is 0 Å².